The molecule has 3 aliphatic carbocycles. The van der Waals surface area contributed by atoms with Gasteiger partial charge in [-0.1, -0.05) is 48.5 Å². The molecule has 2 bridgehead atoms. The standard InChI is InChI=1S/C17H14O2/c18-17(19)15-9-14-10-5-1-3-7-12(10)16(15)13-8-4-2-6-11(13)14/h1-8,14-16H,9H2,(H,18,19)/t14?,15-,16?/m1/s1. The predicted octanol–water partition coefficient (Wildman–Crippen LogP) is 3.37. The highest BCUT2D eigenvalue weighted by molar-refractivity contribution is 5.75. The van der Waals surface area contributed by atoms with Gasteiger partial charge in [-0.2, -0.15) is 0 Å². The van der Waals surface area contributed by atoms with E-state index in [0.717, 1.165) is 6.42 Å². The van der Waals surface area contributed by atoms with Crippen LogP contribution in [0.3, 0.4) is 0 Å². The van der Waals surface area contributed by atoms with Gasteiger partial charge < -0.3 is 5.11 Å². The summed E-state index contributed by atoms with van der Waals surface area (Å²) in [6, 6.07) is 16.6. The smallest absolute Gasteiger partial charge is 0.307 e. The third kappa shape index (κ3) is 1.34. The molecule has 0 radical (unpaired) electrons. The van der Waals surface area contributed by atoms with Gasteiger partial charge in [0.2, 0.25) is 0 Å². The second-order valence-corrected chi connectivity index (χ2v) is 5.47. The first-order valence-electron chi connectivity index (χ1n) is 6.68. The summed E-state index contributed by atoms with van der Waals surface area (Å²) >= 11 is 0. The van der Waals surface area contributed by atoms with Crippen molar-refractivity contribution in [1.82, 2.24) is 0 Å². The number of fused-ring (bicyclic) bond motifs is 1. The Morgan fingerprint density at radius 2 is 1.37 bits per heavy atom. The van der Waals surface area contributed by atoms with Gasteiger partial charge in [0.05, 0.1) is 5.92 Å². The zero-order chi connectivity index (χ0) is 13.0. The quantitative estimate of drug-likeness (QED) is 0.842. The van der Waals surface area contributed by atoms with Crippen molar-refractivity contribution in [2.24, 2.45) is 5.92 Å². The number of carbonyl (C=O) groups is 1. The van der Waals surface area contributed by atoms with Crippen molar-refractivity contribution in [3.05, 3.63) is 70.8 Å². The Hall–Kier alpha value is -2.09. The second kappa shape index (κ2) is 3.70. The number of hydrogen-bond acceptors (Lipinski definition) is 1. The summed E-state index contributed by atoms with van der Waals surface area (Å²) in [4.78, 5) is 11.6. The van der Waals surface area contributed by atoms with Crippen molar-refractivity contribution < 1.29 is 9.90 Å². The Kier molecular flexibility index (Phi) is 2.10. The van der Waals surface area contributed by atoms with Crippen molar-refractivity contribution in [3.63, 3.8) is 0 Å². The zero-order valence-corrected chi connectivity index (χ0v) is 10.4. The van der Waals surface area contributed by atoms with E-state index >= 15 is 0 Å². The SMILES string of the molecule is O=C(O)[C@@H]1CC2c3ccccc3C1c1ccccc12. The fourth-order valence-corrected chi connectivity index (χ4v) is 3.88. The third-order valence-electron chi connectivity index (χ3n) is 4.62. The third-order valence-corrected chi connectivity index (χ3v) is 4.62. The summed E-state index contributed by atoms with van der Waals surface area (Å²) in [5.41, 5.74) is 5.07. The van der Waals surface area contributed by atoms with Gasteiger partial charge >= 0.3 is 5.97 Å². The Labute approximate surface area is 111 Å². The van der Waals surface area contributed by atoms with Crippen molar-refractivity contribution in [2.45, 2.75) is 18.3 Å². The molecule has 0 aliphatic heterocycles. The van der Waals surface area contributed by atoms with Gasteiger partial charge in [0, 0.05) is 11.8 Å². The Bertz CT molecular complexity index is 627. The minimum absolute atomic E-state index is 0.0231. The van der Waals surface area contributed by atoms with Crippen LogP contribution in [0.1, 0.15) is 40.5 Å². The molecule has 1 N–H and O–H groups in total. The van der Waals surface area contributed by atoms with Gasteiger partial charge in [0.1, 0.15) is 0 Å². The van der Waals surface area contributed by atoms with E-state index < -0.39 is 5.97 Å². The number of hydrogen-bond donors (Lipinski definition) is 1. The van der Waals surface area contributed by atoms with Crippen LogP contribution >= 0.6 is 0 Å². The van der Waals surface area contributed by atoms with Crippen LogP contribution in [-0.4, -0.2) is 11.1 Å². The lowest BCUT2D eigenvalue weighted by Crippen LogP contribution is -2.36. The van der Waals surface area contributed by atoms with Crippen LogP contribution in [0.5, 0.6) is 0 Å². The number of carboxylic acids is 1. The summed E-state index contributed by atoms with van der Waals surface area (Å²) in [6.07, 6.45) is 0.730. The van der Waals surface area contributed by atoms with Crippen LogP contribution in [0, 0.1) is 5.92 Å². The molecule has 2 aromatic rings. The Balaban J connectivity index is 2.01. The molecule has 5 rings (SSSR count). The summed E-state index contributed by atoms with van der Waals surface area (Å²) in [5, 5.41) is 9.51. The Morgan fingerprint density at radius 3 is 1.84 bits per heavy atom. The molecular weight excluding hydrogens is 236 g/mol. The van der Waals surface area contributed by atoms with E-state index in [1.165, 1.54) is 22.3 Å². The van der Waals surface area contributed by atoms with Gasteiger partial charge in [-0.25, -0.2) is 0 Å². The average molecular weight is 250 g/mol. The van der Waals surface area contributed by atoms with Crippen LogP contribution in [0.4, 0.5) is 0 Å². The maximum atomic E-state index is 11.6. The molecule has 3 aliphatic rings. The Morgan fingerprint density at radius 1 is 0.895 bits per heavy atom. The minimum Gasteiger partial charge on any atom is -0.481 e. The van der Waals surface area contributed by atoms with Crippen LogP contribution in [0.2, 0.25) is 0 Å². The lowest BCUT2D eigenvalue weighted by molar-refractivity contribution is -0.143. The molecule has 2 nitrogen and oxygen atoms in total. The molecule has 0 aromatic heterocycles. The normalized spacial score (nSPS) is 26.6. The summed E-state index contributed by atoms with van der Waals surface area (Å²) in [5.74, 6) is -0.679. The molecule has 0 unspecified atom stereocenters. The lowest BCUT2D eigenvalue weighted by atomic mass is 9.59. The maximum Gasteiger partial charge on any atom is 0.307 e. The molecule has 0 spiro atoms. The molecule has 2 aromatic carbocycles. The second-order valence-electron chi connectivity index (χ2n) is 5.47. The number of benzene rings is 2. The first-order chi connectivity index (χ1) is 9.27. The van der Waals surface area contributed by atoms with E-state index in [9.17, 15) is 9.90 Å². The van der Waals surface area contributed by atoms with Crippen molar-refractivity contribution >= 4 is 5.97 Å². The molecule has 19 heavy (non-hydrogen) atoms. The van der Waals surface area contributed by atoms with E-state index in [0.29, 0.717) is 0 Å². The predicted molar refractivity (Wildman–Crippen MR) is 72.3 cm³/mol. The van der Waals surface area contributed by atoms with E-state index in [2.05, 4.69) is 36.4 Å². The van der Waals surface area contributed by atoms with Crippen molar-refractivity contribution in [2.75, 3.05) is 0 Å². The first kappa shape index (κ1) is 10.8. The molecule has 1 atom stereocenters. The van der Waals surface area contributed by atoms with Gasteiger partial charge in [-0.15, -0.1) is 0 Å². The first-order valence-corrected chi connectivity index (χ1v) is 6.68. The highest BCUT2D eigenvalue weighted by atomic mass is 16.4. The van der Waals surface area contributed by atoms with Crippen LogP contribution in [0.25, 0.3) is 0 Å². The van der Waals surface area contributed by atoms with Gasteiger partial charge in [-0.05, 0) is 28.7 Å². The fourth-order valence-electron chi connectivity index (χ4n) is 3.88. The molecule has 0 saturated heterocycles. The number of carboxylic acid groups (broad SMARTS) is 1. The van der Waals surface area contributed by atoms with Crippen molar-refractivity contribution in [3.8, 4) is 0 Å². The molecule has 94 valence electrons. The van der Waals surface area contributed by atoms with Gasteiger partial charge in [0.25, 0.3) is 0 Å². The fraction of sp³-hybridized carbons (Fsp3) is 0.235. The van der Waals surface area contributed by atoms with Crippen LogP contribution in [-0.2, 0) is 4.79 Å². The molecule has 0 amide bonds. The largest absolute Gasteiger partial charge is 0.481 e. The van der Waals surface area contributed by atoms with Crippen LogP contribution < -0.4 is 0 Å². The molecule has 0 fully saturated rings. The summed E-state index contributed by atoms with van der Waals surface area (Å²) < 4.78 is 0. The van der Waals surface area contributed by atoms with E-state index in [1.807, 2.05) is 12.1 Å². The topological polar surface area (TPSA) is 37.3 Å². The van der Waals surface area contributed by atoms with E-state index in [1.54, 1.807) is 0 Å². The van der Waals surface area contributed by atoms with Gasteiger partial charge in [-0.3, -0.25) is 4.79 Å². The molecular formula is C17H14O2. The molecule has 2 heteroatoms. The highest BCUT2D eigenvalue weighted by Crippen LogP contribution is 2.55. The van der Waals surface area contributed by atoms with E-state index in [4.69, 9.17) is 0 Å². The van der Waals surface area contributed by atoms with Crippen molar-refractivity contribution in [1.29, 1.82) is 0 Å². The molecule has 0 heterocycles. The average Bonchev–Trinajstić information content (AvgIpc) is 2.47. The minimum atomic E-state index is -0.668. The van der Waals surface area contributed by atoms with Crippen LogP contribution in [0.15, 0.2) is 48.5 Å². The monoisotopic (exact) mass is 250 g/mol. The summed E-state index contributed by atoms with van der Waals surface area (Å²) in [7, 11) is 0. The highest BCUT2D eigenvalue weighted by Gasteiger charge is 2.45. The number of rotatable bonds is 1. The lowest BCUT2D eigenvalue weighted by Gasteiger charge is -2.43. The van der Waals surface area contributed by atoms with Gasteiger partial charge in [0.15, 0.2) is 0 Å². The maximum absolute atomic E-state index is 11.6. The molecule has 0 saturated carbocycles. The zero-order valence-electron chi connectivity index (χ0n) is 10.4. The summed E-state index contributed by atoms with van der Waals surface area (Å²) in [6.45, 7) is 0. The van der Waals surface area contributed by atoms with E-state index in [-0.39, 0.29) is 17.8 Å². The number of aliphatic carboxylic acids is 1.